The van der Waals surface area contributed by atoms with Gasteiger partial charge in [0.25, 0.3) is 0 Å². The Morgan fingerprint density at radius 2 is 1.93 bits per heavy atom. The minimum absolute atomic E-state index is 0.0268. The Kier molecular flexibility index (Phi) is 5.90. The molecule has 1 amide bonds. The average Bonchev–Trinajstić information content (AvgIpc) is 3.03. The molecule has 1 atom stereocenters. The number of nitrogens with one attached hydrogen (secondary N) is 1. The number of hydrogen-bond donors (Lipinski definition) is 1. The van der Waals surface area contributed by atoms with Crippen LogP contribution in [0.15, 0.2) is 42.5 Å². The van der Waals surface area contributed by atoms with Crippen molar-refractivity contribution < 1.29 is 4.79 Å². The van der Waals surface area contributed by atoms with Gasteiger partial charge in [0.15, 0.2) is 5.82 Å². The van der Waals surface area contributed by atoms with Gasteiger partial charge in [-0.25, -0.2) is 0 Å². The zero-order valence-corrected chi connectivity index (χ0v) is 17.3. The predicted octanol–water partition coefficient (Wildman–Crippen LogP) is 3.15. The topological polar surface area (TPSA) is 63.1 Å². The third kappa shape index (κ3) is 4.48. The third-order valence-electron chi connectivity index (χ3n) is 5.90. The van der Waals surface area contributed by atoms with Gasteiger partial charge in [0, 0.05) is 38.5 Å². The summed E-state index contributed by atoms with van der Waals surface area (Å²) < 4.78 is 2.18. The highest BCUT2D eigenvalue weighted by Crippen LogP contribution is 2.18. The van der Waals surface area contributed by atoms with Crippen molar-refractivity contribution in [1.29, 1.82) is 0 Å². The van der Waals surface area contributed by atoms with Crippen molar-refractivity contribution in [2.45, 2.75) is 46.3 Å². The van der Waals surface area contributed by atoms with E-state index in [1.807, 2.05) is 13.8 Å². The lowest BCUT2D eigenvalue weighted by atomic mass is 10.1. The van der Waals surface area contributed by atoms with E-state index in [-0.39, 0.29) is 11.8 Å². The van der Waals surface area contributed by atoms with Crippen LogP contribution in [0.3, 0.4) is 0 Å². The molecule has 0 radical (unpaired) electrons. The normalized spacial score (nSPS) is 15.7. The van der Waals surface area contributed by atoms with Crippen molar-refractivity contribution in [2.75, 3.05) is 13.1 Å². The van der Waals surface area contributed by atoms with Crippen LogP contribution in [0.1, 0.15) is 37.5 Å². The molecule has 6 heteroatoms. The molecule has 3 aromatic rings. The van der Waals surface area contributed by atoms with Gasteiger partial charge < -0.3 is 9.88 Å². The van der Waals surface area contributed by atoms with E-state index in [9.17, 15) is 4.79 Å². The number of benzene rings is 2. The summed E-state index contributed by atoms with van der Waals surface area (Å²) in [5, 5.41) is 14.3. The molecule has 1 aliphatic heterocycles. The molecule has 2 heterocycles. The Morgan fingerprint density at radius 3 is 2.76 bits per heavy atom. The minimum atomic E-state index is 0.0268. The van der Waals surface area contributed by atoms with Crippen LogP contribution in [0.4, 0.5) is 0 Å². The molecule has 0 spiro atoms. The summed E-state index contributed by atoms with van der Waals surface area (Å²) in [7, 11) is 0. The van der Waals surface area contributed by atoms with Crippen LogP contribution in [0, 0.1) is 5.92 Å². The number of nitrogens with zero attached hydrogens (tertiary/aromatic N) is 4. The van der Waals surface area contributed by atoms with E-state index in [2.05, 4.69) is 67.4 Å². The fraction of sp³-hybridized carbons (Fsp3) is 0.435. The van der Waals surface area contributed by atoms with Crippen LogP contribution in [0.5, 0.6) is 0 Å². The monoisotopic (exact) mass is 391 g/mol. The summed E-state index contributed by atoms with van der Waals surface area (Å²) in [6.07, 6.45) is 1.72. The highest BCUT2D eigenvalue weighted by molar-refractivity contribution is 5.83. The molecule has 6 nitrogen and oxygen atoms in total. The van der Waals surface area contributed by atoms with Crippen LogP contribution < -0.4 is 5.32 Å². The molecule has 1 unspecified atom stereocenters. The number of carbonyl (C=O) groups excluding carboxylic acids is 1. The number of rotatable bonds is 6. The van der Waals surface area contributed by atoms with E-state index in [0.717, 1.165) is 50.7 Å². The third-order valence-corrected chi connectivity index (χ3v) is 5.90. The van der Waals surface area contributed by atoms with Crippen molar-refractivity contribution in [3.05, 3.63) is 59.7 Å². The summed E-state index contributed by atoms with van der Waals surface area (Å²) >= 11 is 0. The fourth-order valence-corrected chi connectivity index (χ4v) is 3.84. The summed E-state index contributed by atoms with van der Waals surface area (Å²) in [4.78, 5) is 14.5. The number of amides is 1. The first-order valence-electron chi connectivity index (χ1n) is 10.5. The van der Waals surface area contributed by atoms with E-state index >= 15 is 0 Å². The van der Waals surface area contributed by atoms with Crippen molar-refractivity contribution >= 4 is 16.7 Å². The van der Waals surface area contributed by atoms with Gasteiger partial charge in [0.1, 0.15) is 5.82 Å². The van der Waals surface area contributed by atoms with Crippen molar-refractivity contribution in [2.24, 2.45) is 5.92 Å². The maximum Gasteiger partial charge on any atom is 0.223 e. The van der Waals surface area contributed by atoms with Gasteiger partial charge >= 0.3 is 0 Å². The van der Waals surface area contributed by atoms with E-state index in [1.54, 1.807) is 0 Å². The van der Waals surface area contributed by atoms with Gasteiger partial charge in [-0.2, -0.15) is 0 Å². The smallest absolute Gasteiger partial charge is 0.223 e. The standard InChI is InChI=1S/C23H29N5O/c1-3-17(2)23(29)24-15-22-26-25-21-10-11-27(12-13-28(21)22)16-18-8-9-19-6-4-5-7-20(19)14-18/h4-9,14,17H,3,10-13,15-16H2,1-2H3,(H,24,29). The second-order valence-electron chi connectivity index (χ2n) is 7.92. The molecule has 1 aliphatic rings. The quantitative estimate of drug-likeness (QED) is 0.701. The molecule has 29 heavy (non-hydrogen) atoms. The molecule has 0 fully saturated rings. The predicted molar refractivity (Wildman–Crippen MR) is 114 cm³/mol. The molecular formula is C23H29N5O. The highest BCUT2D eigenvalue weighted by Gasteiger charge is 2.19. The van der Waals surface area contributed by atoms with Crippen molar-refractivity contribution in [3.8, 4) is 0 Å². The van der Waals surface area contributed by atoms with Gasteiger partial charge in [0.05, 0.1) is 6.54 Å². The second-order valence-corrected chi connectivity index (χ2v) is 7.92. The Morgan fingerprint density at radius 1 is 1.10 bits per heavy atom. The van der Waals surface area contributed by atoms with Gasteiger partial charge in [-0.05, 0) is 28.8 Å². The maximum atomic E-state index is 12.1. The fourth-order valence-electron chi connectivity index (χ4n) is 3.84. The van der Waals surface area contributed by atoms with E-state index < -0.39 is 0 Å². The molecule has 152 valence electrons. The first kappa shape index (κ1) is 19.6. The van der Waals surface area contributed by atoms with E-state index in [4.69, 9.17) is 0 Å². The first-order chi connectivity index (χ1) is 14.1. The Balaban J connectivity index is 1.39. The lowest BCUT2D eigenvalue weighted by Gasteiger charge is -2.20. The maximum absolute atomic E-state index is 12.1. The zero-order chi connectivity index (χ0) is 20.2. The van der Waals surface area contributed by atoms with Gasteiger partial charge in [-0.1, -0.05) is 50.2 Å². The van der Waals surface area contributed by atoms with Gasteiger partial charge in [-0.3, -0.25) is 9.69 Å². The molecule has 1 aromatic heterocycles. The molecule has 0 saturated heterocycles. The second kappa shape index (κ2) is 8.74. The SMILES string of the molecule is CCC(C)C(=O)NCc1nnc2n1CCN(Cc1ccc3ccccc3c1)CC2. The number of carbonyl (C=O) groups is 1. The molecule has 0 bridgehead atoms. The van der Waals surface area contributed by atoms with Crippen LogP contribution in [-0.2, 0) is 30.8 Å². The lowest BCUT2D eigenvalue weighted by molar-refractivity contribution is -0.124. The Labute approximate surface area is 171 Å². The number of aromatic nitrogens is 3. The van der Waals surface area contributed by atoms with Crippen LogP contribution in [0.2, 0.25) is 0 Å². The van der Waals surface area contributed by atoms with E-state index in [1.165, 1.54) is 16.3 Å². The average molecular weight is 392 g/mol. The van der Waals surface area contributed by atoms with Crippen LogP contribution >= 0.6 is 0 Å². The molecular weight excluding hydrogens is 362 g/mol. The summed E-state index contributed by atoms with van der Waals surface area (Å²) in [5.74, 6) is 1.97. The minimum Gasteiger partial charge on any atom is -0.349 e. The van der Waals surface area contributed by atoms with Crippen molar-refractivity contribution in [3.63, 3.8) is 0 Å². The largest absolute Gasteiger partial charge is 0.349 e. The summed E-state index contributed by atoms with van der Waals surface area (Å²) in [6.45, 7) is 8.12. The lowest BCUT2D eigenvalue weighted by Crippen LogP contribution is -2.30. The highest BCUT2D eigenvalue weighted by atomic mass is 16.1. The number of hydrogen-bond acceptors (Lipinski definition) is 4. The summed E-state index contributed by atoms with van der Waals surface area (Å²) in [5.41, 5.74) is 1.34. The molecule has 0 saturated carbocycles. The molecule has 2 aromatic carbocycles. The molecule has 1 N–H and O–H groups in total. The molecule has 4 rings (SSSR count). The van der Waals surface area contributed by atoms with Crippen molar-refractivity contribution in [1.82, 2.24) is 25.0 Å². The molecule has 0 aliphatic carbocycles. The van der Waals surface area contributed by atoms with E-state index in [0.29, 0.717) is 6.54 Å². The Hall–Kier alpha value is -2.73. The number of fused-ring (bicyclic) bond motifs is 2. The zero-order valence-electron chi connectivity index (χ0n) is 17.3. The van der Waals surface area contributed by atoms with Crippen LogP contribution in [0.25, 0.3) is 10.8 Å². The first-order valence-corrected chi connectivity index (χ1v) is 10.5. The van der Waals surface area contributed by atoms with Gasteiger partial charge in [0.2, 0.25) is 5.91 Å². The van der Waals surface area contributed by atoms with Gasteiger partial charge in [-0.15, -0.1) is 10.2 Å². The van der Waals surface area contributed by atoms with Crippen LogP contribution in [-0.4, -0.2) is 38.7 Å². The Bertz CT molecular complexity index is 996. The summed E-state index contributed by atoms with van der Waals surface area (Å²) in [6, 6.07) is 15.2.